The number of pyridine rings is 1. The summed E-state index contributed by atoms with van der Waals surface area (Å²) in [5.74, 6) is -1.06. The molecule has 3 N–H and O–H groups in total. The monoisotopic (exact) mass is 292 g/mol. The molecule has 0 unspecified atom stereocenters. The highest BCUT2D eigenvalue weighted by Crippen LogP contribution is 2.31. The molecule has 96 valence electrons. The summed E-state index contributed by atoms with van der Waals surface area (Å²) in [6, 6.07) is 0. The highest BCUT2D eigenvalue weighted by Gasteiger charge is 2.34. The van der Waals surface area contributed by atoms with Gasteiger partial charge in [-0.1, -0.05) is 0 Å². The van der Waals surface area contributed by atoms with Crippen LogP contribution < -0.4 is 16.0 Å². The Kier molecular flexibility index (Phi) is 3.30. The fraction of sp³-hybridized carbons (Fsp3) is 0.167. The Bertz CT molecular complexity index is 594. The Balaban J connectivity index is 3.46. The van der Waals surface area contributed by atoms with Crippen LogP contribution in [0.2, 0.25) is 0 Å². The molecule has 6 nitrogen and oxygen atoms in total. The zero-order valence-electron chi connectivity index (χ0n) is 7.71. The molecule has 0 bridgehead atoms. The molecule has 0 saturated carbocycles. The Hall–Kier alpha value is -1.42. The molecule has 0 saturated heterocycles. The number of aromatic nitrogens is 1. The van der Waals surface area contributed by atoms with Crippen molar-refractivity contribution < 1.29 is 26.3 Å². The third-order valence-electron chi connectivity index (χ3n) is 1.52. The molecule has 0 fully saturated rings. The highest BCUT2D eigenvalue weighted by atomic mass is 35.7. The van der Waals surface area contributed by atoms with Crippen LogP contribution in [0, 0.1) is 0 Å². The molecular formula is C6H4ClF3N2O4S. The van der Waals surface area contributed by atoms with Crippen molar-refractivity contribution in [2.24, 2.45) is 0 Å². The van der Waals surface area contributed by atoms with E-state index < -0.39 is 37.3 Å². The Morgan fingerprint density at radius 1 is 1.41 bits per heavy atom. The maximum Gasteiger partial charge on any atom is 0.573 e. The minimum absolute atomic E-state index is 0.483. The molecule has 1 aromatic rings. The molecule has 0 aliphatic heterocycles. The lowest BCUT2D eigenvalue weighted by Crippen LogP contribution is -2.22. The van der Waals surface area contributed by atoms with Crippen LogP contribution in [-0.4, -0.2) is 19.8 Å². The van der Waals surface area contributed by atoms with Gasteiger partial charge in [0.2, 0.25) is 0 Å². The molecular weight excluding hydrogens is 289 g/mol. The molecule has 0 aliphatic rings. The van der Waals surface area contributed by atoms with Crippen LogP contribution >= 0.6 is 10.7 Å². The van der Waals surface area contributed by atoms with Crippen LogP contribution in [0.3, 0.4) is 0 Å². The number of hydrogen-bond acceptors (Lipinski definition) is 5. The molecule has 0 atom stereocenters. The predicted molar refractivity (Wildman–Crippen MR) is 51.2 cm³/mol. The number of anilines is 1. The van der Waals surface area contributed by atoms with Crippen LogP contribution in [0.25, 0.3) is 0 Å². The number of ether oxygens (including phenoxy) is 1. The standard InChI is InChI=1S/C6H4ClF3N2O4S/c7-17(14,15)4-3(11)2(1-12-5(4)13)16-6(8,9)10/h1H,(H3,11,12,13). The fourth-order valence-electron chi connectivity index (χ4n) is 0.960. The van der Waals surface area contributed by atoms with E-state index in [1.54, 1.807) is 4.98 Å². The number of H-pyrrole nitrogens is 1. The number of rotatable bonds is 2. The first-order chi connectivity index (χ1) is 7.52. The van der Waals surface area contributed by atoms with Crippen molar-refractivity contribution in [3.05, 3.63) is 16.6 Å². The van der Waals surface area contributed by atoms with E-state index in [0.29, 0.717) is 6.20 Å². The first kappa shape index (κ1) is 13.6. The molecule has 0 radical (unpaired) electrons. The summed E-state index contributed by atoms with van der Waals surface area (Å²) >= 11 is 0. The van der Waals surface area contributed by atoms with Crippen molar-refractivity contribution >= 4 is 25.4 Å². The van der Waals surface area contributed by atoms with Gasteiger partial charge in [-0.25, -0.2) is 8.42 Å². The lowest BCUT2D eigenvalue weighted by molar-refractivity contribution is -0.274. The molecule has 1 heterocycles. The largest absolute Gasteiger partial charge is 0.573 e. The lowest BCUT2D eigenvalue weighted by atomic mass is 10.4. The van der Waals surface area contributed by atoms with E-state index in [1.165, 1.54) is 0 Å². The van der Waals surface area contributed by atoms with Crippen molar-refractivity contribution in [1.29, 1.82) is 0 Å². The minimum atomic E-state index is -5.08. The lowest BCUT2D eigenvalue weighted by Gasteiger charge is -2.11. The number of alkyl halides is 3. The summed E-state index contributed by atoms with van der Waals surface area (Å²) in [6.07, 6.45) is -4.60. The van der Waals surface area contributed by atoms with E-state index in [9.17, 15) is 26.4 Å². The zero-order valence-corrected chi connectivity index (χ0v) is 9.28. The molecule has 17 heavy (non-hydrogen) atoms. The van der Waals surface area contributed by atoms with E-state index in [4.69, 9.17) is 16.4 Å². The summed E-state index contributed by atoms with van der Waals surface area (Å²) in [5, 5.41) is 0. The van der Waals surface area contributed by atoms with Crippen LogP contribution in [0.1, 0.15) is 0 Å². The second-order valence-corrected chi connectivity index (χ2v) is 5.21. The van der Waals surface area contributed by atoms with E-state index in [0.717, 1.165) is 0 Å². The summed E-state index contributed by atoms with van der Waals surface area (Å²) < 4.78 is 60.9. The molecule has 0 aliphatic carbocycles. The maximum absolute atomic E-state index is 11.9. The molecule has 11 heteroatoms. The maximum atomic E-state index is 11.9. The predicted octanol–water partition coefficient (Wildman–Crippen LogP) is 0.783. The SMILES string of the molecule is Nc1c(OC(F)(F)F)c[nH]c(=O)c1S(=O)(=O)Cl. The van der Waals surface area contributed by atoms with Gasteiger partial charge in [-0.15, -0.1) is 13.2 Å². The third-order valence-corrected chi connectivity index (χ3v) is 2.88. The van der Waals surface area contributed by atoms with Gasteiger partial charge in [-0.2, -0.15) is 0 Å². The molecule has 0 spiro atoms. The van der Waals surface area contributed by atoms with Crippen LogP contribution in [-0.2, 0) is 9.05 Å². The van der Waals surface area contributed by atoms with E-state index in [-0.39, 0.29) is 0 Å². The average Bonchev–Trinajstić information content (AvgIpc) is 2.06. The second-order valence-electron chi connectivity index (χ2n) is 2.71. The van der Waals surface area contributed by atoms with Gasteiger partial charge in [0.25, 0.3) is 14.6 Å². The van der Waals surface area contributed by atoms with Gasteiger partial charge in [0.15, 0.2) is 10.6 Å². The number of nitrogens with two attached hydrogens (primary N) is 1. The summed E-state index contributed by atoms with van der Waals surface area (Å²) in [6.45, 7) is 0. The van der Waals surface area contributed by atoms with E-state index in [2.05, 4.69) is 4.74 Å². The third kappa shape index (κ3) is 3.27. The van der Waals surface area contributed by atoms with Gasteiger partial charge in [-0.05, 0) is 0 Å². The Morgan fingerprint density at radius 2 is 1.94 bits per heavy atom. The molecule has 1 aromatic heterocycles. The number of nitrogen functional groups attached to an aromatic ring is 1. The fourth-order valence-corrected chi connectivity index (χ4v) is 2.06. The minimum Gasteiger partial charge on any atom is -0.402 e. The van der Waals surface area contributed by atoms with Crippen LogP contribution in [0.4, 0.5) is 18.9 Å². The number of aromatic amines is 1. The van der Waals surface area contributed by atoms with E-state index >= 15 is 0 Å². The Morgan fingerprint density at radius 3 is 2.35 bits per heavy atom. The summed E-state index contributed by atoms with van der Waals surface area (Å²) in [4.78, 5) is 11.6. The summed E-state index contributed by atoms with van der Waals surface area (Å²) in [7, 11) is 0.262. The summed E-state index contributed by atoms with van der Waals surface area (Å²) in [5.41, 5.74) is 2.81. The second kappa shape index (κ2) is 4.11. The first-order valence-electron chi connectivity index (χ1n) is 3.74. The van der Waals surface area contributed by atoms with E-state index in [1.807, 2.05) is 0 Å². The van der Waals surface area contributed by atoms with Crippen molar-refractivity contribution in [3.8, 4) is 5.75 Å². The van der Waals surface area contributed by atoms with Gasteiger partial charge in [-0.3, -0.25) is 4.79 Å². The first-order valence-corrected chi connectivity index (χ1v) is 6.05. The average molecular weight is 293 g/mol. The highest BCUT2D eigenvalue weighted by molar-refractivity contribution is 8.13. The molecule has 0 aromatic carbocycles. The smallest absolute Gasteiger partial charge is 0.402 e. The van der Waals surface area contributed by atoms with Crippen LogP contribution in [0.15, 0.2) is 15.9 Å². The topological polar surface area (TPSA) is 102 Å². The van der Waals surface area contributed by atoms with Gasteiger partial charge < -0.3 is 15.5 Å². The van der Waals surface area contributed by atoms with Crippen molar-refractivity contribution in [3.63, 3.8) is 0 Å². The normalized spacial score (nSPS) is 12.5. The van der Waals surface area contributed by atoms with Crippen molar-refractivity contribution in [2.45, 2.75) is 11.3 Å². The number of nitrogens with one attached hydrogen (secondary N) is 1. The number of halogens is 4. The quantitative estimate of drug-likeness (QED) is 0.784. The van der Waals surface area contributed by atoms with Gasteiger partial charge >= 0.3 is 6.36 Å². The van der Waals surface area contributed by atoms with Gasteiger partial charge in [0.1, 0.15) is 5.69 Å². The van der Waals surface area contributed by atoms with Crippen LogP contribution in [0.5, 0.6) is 5.75 Å². The van der Waals surface area contributed by atoms with Crippen molar-refractivity contribution in [1.82, 2.24) is 4.98 Å². The zero-order chi connectivity index (χ0) is 13.4. The van der Waals surface area contributed by atoms with Crippen molar-refractivity contribution in [2.75, 3.05) is 5.73 Å². The Labute approximate surface area is 96.6 Å². The number of hydrogen-bond donors (Lipinski definition) is 2. The molecule has 0 amide bonds. The van der Waals surface area contributed by atoms with Gasteiger partial charge in [0, 0.05) is 16.9 Å². The van der Waals surface area contributed by atoms with Gasteiger partial charge in [0.05, 0.1) is 0 Å². The molecule has 1 rings (SSSR count).